The van der Waals surface area contributed by atoms with Crippen molar-refractivity contribution in [3.05, 3.63) is 139 Å². The molecular formula is C52H61ClN2O8. The lowest BCUT2D eigenvalue weighted by Gasteiger charge is -2.59. The Hall–Kier alpha value is -5.13. The summed E-state index contributed by atoms with van der Waals surface area (Å²) >= 11 is 6.06. The number of hydrogen-bond donors (Lipinski definition) is 2. The Bertz CT molecular complexity index is 2150. The second-order valence-corrected chi connectivity index (χ2v) is 16.9. The van der Waals surface area contributed by atoms with Crippen molar-refractivity contribution < 1.29 is 38.8 Å². The van der Waals surface area contributed by atoms with Crippen LogP contribution < -0.4 is 9.47 Å². The minimum atomic E-state index is -1.40. The fourth-order valence-electron chi connectivity index (χ4n) is 9.78. The topological polar surface area (TPSA) is 119 Å². The zero-order valence-corrected chi connectivity index (χ0v) is 37.0. The van der Waals surface area contributed by atoms with E-state index in [-0.39, 0.29) is 63.1 Å². The number of ether oxygens (including phenoxy) is 4. The molecule has 6 atom stereocenters. The van der Waals surface area contributed by atoms with Gasteiger partial charge >= 0.3 is 6.09 Å². The second kappa shape index (κ2) is 22.5. The SMILES string of the molecule is C=CCOC12Oc3ccc(Oc4ccc(-c5ccccc5)cc4)cc3C3C(CCCCO)C(CCCCO)C=C(C(=NOCc4ccccc4)CC1N(CCC)C(=O)OCCCl)C32. The molecule has 10 nitrogen and oxygen atoms in total. The molecule has 2 aliphatic carbocycles. The van der Waals surface area contributed by atoms with Gasteiger partial charge in [0.1, 0.15) is 36.5 Å². The van der Waals surface area contributed by atoms with Crippen LogP contribution in [0.3, 0.4) is 0 Å². The predicted molar refractivity (Wildman–Crippen MR) is 247 cm³/mol. The molecule has 1 heterocycles. The molecule has 4 aromatic carbocycles. The Kier molecular flexibility index (Phi) is 16.4. The molecule has 2 N–H and O–H groups in total. The van der Waals surface area contributed by atoms with Gasteiger partial charge in [-0.2, -0.15) is 0 Å². The van der Waals surface area contributed by atoms with Gasteiger partial charge in [-0.15, -0.1) is 18.2 Å². The summed E-state index contributed by atoms with van der Waals surface area (Å²) in [5.74, 6) is 0.252. The Labute approximate surface area is 377 Å². The maximum atomic E-state index is 14.2. The standard InChI is InChI=1S/C52H61ClN2O8/c1-3-28-55(51(58)59-32-27-53)48-35-46(54-61-36-37-15-7-5-8-16-37)44-33-40(19-11-13-29-56)43(20-12-14-30-57)49-45-34-42(25-26-47(45)63-52(48,50(44)49)60-31-4-2)62-41-23-21-39(22-24-41)38-17-9-6-10-18-38/h4-10,15-18,21-26,33-34,40,43,48-50,56-57H,2-3,11-14,19-20,27-32,35-36H2,1H3. The summed E-state index contributed by atoms with van der Waals surface area (Å²) in [6.45, 7) is 7.11. The zero-order valence-electron chi connectivity index (χ0n) is 36.3. The number of fused-ring (bicyclic) bond motifs is 2. The van der Waals surface area contributed by atoms with Gasteiger partial charge in [-0.05, 0) is 96.5 Å². The third kappa shape index (κ3) is 10.6. The van der Waals surface area contributed by atoms with Gasteiger partial charge < -0.3 is 34.0 Å². The first-order valence-corrected chi connectivity index (χ1v) is 23.0. The highest BCUT2D eigenvalue weighted by atomic mass is 35.5. The van der Waals surface area contributed by atoms with E-state index in [1.165, 1.54) is 0 Å². The number of alkyl halides is 1. The van der Waals surface area contributed by atoms with Crippen molar-refractivity contribution in [2.75, 3.05) is 38.9 Å². The van der Waals surface area contributed by atoms with Gasteiger partial charge in [0.2, 0.25) is 5.79 Å². The second-order valence-electron chi connectivity index (χ2n) is 16.5. The van der Waals surface area contributed by atoms with Gasteiger partial charge in [-0.25, -0.2) is 4.79 Å². The van der Waals surface area contributed by atoms with E-state index in [4.69, 9.17) is 40.5 Å². The van der Waals surface area contributed by atoms with Gasteiger partial charge in [0.25, 0.3) is 0 Å². The number of allylic oxidation sites excluding steroid dienone is 1. The van der Waals surface area contributed by atoms with E-state index < -0.39 is 23.8 Å². The monoisotopic (exact) mass is 876 g/mol. The highest BCUT2D eigenvalue weighted by molar-refractivity contribution is 6.18. The van der Waals surface area contributed by atoms with Crippen molar-refractivity contribution >= 4 is 23.4 Å². The van der Waals surface area contributed by atoms with E-state index >= 15 is 0 Å². The van der Waals surface area contributed by atoms with E-state index in [0.717, 1.165) is 53.5 Å². The van der Waals surface area contributed by atoms with Crippen LogP contribution in [0.25, 0.3) is 11.1 Å². The summed E-state index contributed by atoms with van der Waals surface area (Å²) in [5.41, 5.74) is 5.85. The van der Waals surface area contributed by atoms with Crippen LogP contribution in [-0.4, -0.2) is 77.6 Å². The molecule has 1 saturated carbocycles. The summed E-state index contributed by atoms with van der Waals surface area (Å²) in [6, 6.07) is 33.5. The van der Waals surface area contributed by atoms with Crippen LogP contribution in [0.15, 0.2) is 133 Å². The van der Waals surface area contributed by atoms with Crippen molar-refractivity contribution in [3.63, 3.8) is 0 Å². The number of benzene rings is 4. The fraction of sp³-hybridized carbons (Fsp3) is 0.423. The van der Waals surface area contributed by atoms with Gasteiger partial charge in [0, 0.05) is 37.7 Å². The molecule has 1 fully saturated rings. The lowest BCUT2D eigenvalue weighted by molar-refractivity contribution is -0.255. The lowest BCUT2D eigenvalue weighted by atomic mass is 9.55. The summed E-state index contributed by atoms with van der Waals surface area (Å²) in [7, 11) is 0. The van der Waals surface area contributed by atoms with Crippen LogP contribution >= 0.6 is 11.6 Å². The van der Waals surface area contributed by atoms with Crippen LogP contribution in [0, 0.1) is 17.8 Å². The molecule has 334 valence electrons. The molecule has 0 saturated heterocycles. The minimum absolute atomic E-state index is 0.0517. The molecule has 1 aliphatic heterocycles. The van der Waals surface area contributed by atoms with E-state index in [1.54, 1.807) is 11.0 Å². The number of oxime groups is 1. The third-order valence-corrected chi connectivity index (χ3v) is 12.6. The molecule has 0 radical (unpaired) electrons. The number of nitrogens with zero attached hydrogens (tertiary/aromatic N) is 2. The van der Waals surface area contributed by atoms with Crippen LogP contribution in [0.1, 0.15) is 75.3 Å². The first-order chi connectivity index (χ1) is 30.9. The van der Waals surface area contributed by atoms with Gasteiger partial charge in [-0.1, -0.05) is 110 Å². The van der Waals surface area contributed by atoms with Crippen LogP contribution in [-0.2, 0) is 20.9 Å². The predicted octanol–water partition coefficient (Wildman–Crippen LogP) is 11.1. The Balaban J connectivity index is 1.39. The van der Waals surface area contributed by atoms with E-state index in [2.05, 4.69) is 43.0 Å². The third-order valence-electron chi connectivity index (χ3n) is 12.5. The lowest BCUT2D eigenvalue weighted by Crippen LogP contribution is -2.70. The molecule has 0 spiro atoms. The molecule has 0 aromatic heterocycles. The molecule has 4 aromatic rings. The molecule has 11 heteroatoms. The number of aliphatic hydroxyl groups is 2. The fourth-order valence-corrected chi connectivity index (χ4v) is 9.85. The number of carbonyl (C=O) groups excluding carboxylic acids is 1. The van der Waals surface area contributed by atoms with Crippen LogP contribution in [0.2, 0.25) is 0 Å². The quantitative estimate of drug-likeness (QED) is 0.0347. The summed E-state index contributed by atoms with van der Waals surface area (Å²) in [4.78, 5) is 22.1. The van der Waals surface area contributed by atoms with E-state index in [0.29, 0.717) is 48.8 Å². The van der Waals surface area contributed by atoms with Crippen LogP contribution in [0.5, 0.6) is 17.2 Å². The van der Waals surface area contributed by atoms with Gasteiger partial charge in [0.05, 0.1) is 24.1 Å². The number of halogens is 1. The summed E-state index contributed by atoms with van der Waals surface area (Å²) in [6.07, 6.45) is 9.11. The molecule has 3 aliphatic rings. The zero-order chi connectivity index (χ0) is 44.0. The van der Waals surface area contributed by atoms with Crippen molar-refractivity contribution in [1.29, 1.82) is 0 Å². The maximum Gasteiger partial charge on any atom is 0.410 e. The first kappa shape index (κ1) is 45.9. The smallest absolute Gasteiger partial charge is 0.410 e. The molecule has 63 heavy (non-hydrogen) atoms. The molecule has 7 rings (SSSR count). The number of unbranched alkanes of at least 4 members (excludes halogenated alkanes) is 2. The molecular weight excluding hydrogens is 816 g/mol. The van der Waals surface area contributed by atoms with Crippen molar-refractivity contribution in [1.82, 2.24) is 4.90 Å². The average molecular weight is 878 g/mol. The number of aliphatic hydroxyl groups excluding tert-OH is 2. The average Bonchev–Trinajstić information content (AvgIpc) is 3.31. The van der Waals surface area contributed by atoms with Crippen molar-refractivity contribution in [2.24, 2.45) is 22.9 Å². The summed E-state index contributed by atoms with van der Waals surface area (Å²) < 4.78 is 26.8. The van der Waals surface area contributed by atoms with Crippen molar-refractivity contribution in [2.45, 2.75) is 82.6 Å². The highest BCUT2D eigenvalue weighted by Crippen LogP contribution is 2.62. The summed E-state index contributed by atoms with van der Waals surface area (Å²) in [5, 5.41) is 24.9. The van der Waals surface area contributed by atoms with Crippen molar-refractivity contribution in [3.8, 4) is 28.4 Å². The Morgan fingerprint density at radius 1 is 0.921 bits per heavy atom. The largest absolute Gasteiger partial charge is 0.459 e. The molecule has 6 unspecified atom stereocenters. The number of rotatable bonds is 22. The van der Waals surface area contributed by atoms with E-state index in [1.807, 2.05) is 79.7 Å². The minimum Gasteiger partial charge on any atom is -0.459 e. The Morgan fingerprint density at radius 2 is 1.62 bits per heavy atom. The number of hydrogen-bond acceptors (Lipinski definition) is 9. The Morgan fingerprint density at radius 3 is 2.32 bits per heavy atom. The number of amides is 1. The first-order valence-electron chi connectivity index (χ1n) is 22.5. The normalized spacial score (nSPS) is 22.8. The number of carbonyl (C=O) groups is 1. The van der Waals surface area contributed by atoms with Gasteiger partial charge in [0.15, 0.2) is 0 Å². The maximum absolute atomic E-state index is 14.2. The highest BCUT2D eigenvalue weighted by Gasteiger charge is 2.65. The van der Waals surface area contributed by atoms with Crippen LogP contribution in [0.4, 0.5) is 4.79 Å². The molecule has 1 amide bonds. The van der Waals surface area contributed by atoms with Gasteiger partial charge in [-0.3, -0.25) is 4.90 Å². The molecule has 0 bridgehead atoms. The van der Waals surface area contributed by atoms with E-state index in [9.17, 15) is 15.0 Å².